The van der Waals surface area contributed by atoms with Crippen LogP contribution < -0.4 is 16.0 Å². The van der Waals surface area contributed by atoms with Gasteiger partial charge in [-0.15, -0.1) is 0 Å². The molecular formula is C20H31N3O2. The van der Waals surface area contributed by atoms with E-state index in [2.05, 4.69) is 35.3 Å². The molecule has 2 aliphatic rings. The summed E-state index contributed by atoms with van der Waals surface area (Å²) in [6, 6.07) is 6.50. The van der Waals surface area contributed by atoms with E-state index in [1.807, 2.05) is 6.20 Å². The second-order valence-corrected chi connectivity index (χ2v) is 7.09. The number of rotatable bonds is 6. The Morgan fingerprint density at radius 1 is 1.40 bits per heavy atom. The lowest BCUT2D eigenvalue weighted by molar-refractivity contribution is 0.0188. The molecule has 0 amide bonds. The summed E-state index contributed by atoms with van der Waals surface area (Å²) in [5.74, 6) is 0. The third kappa shape index (κ3) is 4.67. The molecule has 0 radical (unpaired) electrons. The van der Waals surface area contributed by atoms with E-state index in [0.717, 1.165) is 50.3 Å². The van der Waals surface area contributed by atoms with Crippen LogP contribution in [0, 0.1) is 6.92 Å². The van der Waals surface area contributed by atoms with Gasteiger partial charge >= 0.3 is 0 Å². The molecular weight excluding hydrogens is 314 g/mol. The Kier molecular flexibility index (Phi) is 6.21. The monoisotopic (exact) mass is 345 g/mol. The van der Waals surface area contributed by atoms with E-state index >= 15 is 0 Å². The van der Waals surface area contributed by atoms with E-state index in [1.165, 1.54) is 24.1 Å². The first-order chi connectivity index (χ1) is 12.2. The highest BCUT2D eigenvalue weighted by atomic mass is 16.5. The SMILES string of the molecule is COC1CCN(c2ccc(/C(N)=C/NCC3CCCCO3)c(C)c2)C1. The van der Waals surface area contributed by atoms with Crippen molar-refractivity contribution < 1.29 is 9.47 Å². The topological polar surface area (TPSA) is 59.8 Å². The zero-order valence-corrected chi connectivity index (χ0v) is 15.5. The molecule has 2 heterocycles. The molecule has 5 nitrogen and oxygen atoms in total. The maximum atomic E-state index is 6.28. The summed E-state index contributed by atoms with van der Waals surface area (Å²) in [5.41, 5.74) is 10.6. The standard InChI is InChI=1S/C20H31N3O2/c1-15-11-16(23-9-8-18(14-23)24-2)6-7-19(15)20(21)13-22-12-17-5-3-4-10-25-17/h6-7,11,13,17-18,22H,3-5,8-10,12,14,21H2,1-2H3/b20-13-. The Morgan fingerprint density at radius 2 is 2.28 bits per heavy atom. The van der Waals surface area contributed by atoms with Crippen molar-refractivity contribution in [1.82, 2.24) is 5.32 Å². The van der Waals surface area contributed by atoms with Crippen LogP contribution in [0.1, 0.15) is 36.8 Å². The van der Waals surface area contributed by atoms with Gasteiger partial charge in [0.25, 0.3) is 0 Å². The van der Waals surface area contributed by atoms with E-state index < -0.39 is 0 Å². The minimum Gasteiger partial charge on any atom is -0.397 e. The molecule has 2 unspecified atom stereocenters. The number of nitrogens with two attached hydrogens (primary N) is 1. The molecule has 2 saturated heterocycles. The average molecular weight is 345 g/mol. The van der Waals surface area contributed by atoms with Crippen molar-refractivity contribution in [3.8, 4) is 0 Å². The fourth-order valence-corrected chi connectivity index (χ4v) is 3.67. The molecule has 5 heteroatoms. The van der Waals surface area contributed by atoms with Crippen molar-refractivity contribution in [3.05, 3.63) is 35.5 Å². The number of nitrogens with one attached hydrogen (secondary N) is 1. The van der Waals surface area contributed by atoms with E-state index in [4.69, 9.17) is 15.2 Å². The minimum atomic E-state index is 0.310. The zero-order chi connectivity index (χ0) is 17.6. The predicted molar refractivity (Wildman–Crippen MR) is 103 cm³/mol. The molecule has 3 N–H and O–H groups in total. The number of nitrogens with zero attached hydrogens (tertiary/aromatic N) is 1. The highest BCUT2D eigenvalue weighted by molar-refractivity contribution is 5.68. The van der Waals surface area contributed by atoms with E-state index in [1.54, 1.807) is 7.11 Å². The van der Waals surface area contributed by atoms with Crippen LogP contribution in [0.5, 0.6) is 0 Å². The molecule has 1 aromatic carbocycles. The number of methoxy groups -OCH3 is 1. The lowest BCUT2D eigenvalue weighted by Gasteiger charge is -2.22. The van der Waals surface area contributed by atoms with Gasteiger partial charge in [0.15, 0.2) is 0 Å². The fourth-order valence-electron chi connectivity index (χ4n) is 3.67. The molecule has 0 spiro atoms. The van der Waals surface area contributed by atoms with Crippen molar-refractivity contribution in [2.75, 3.05) is 38.3 Å². The summed E-state index contributed by atoms with van der Waals surface area (Å²) in [6.07, 6.45) is 7.23. The van der Waals surface area contributed by atoms with Crippen LogP contribution in [0.2, 0.25) is 0 Å². The Morgan fingerprint density at radius 3 is 2.96 bits per heavy atom. The van der Waals surface area contributed by atoms with Gasteiger partial charge in [0.2, 0.25) is 0 Å². The highest BCUT2D eigenvalue weighted by Crippen LogP contribution is 2.25. The lowest BCUT2D eigenvalue weighted by atomic mass is 10.0. The number of hydrogen-bond acceptors (Lipinski definition) is 5. The summed E-state index contributed by atoms with van der Waals surface area (Å²) in [7, 11) is 1.79. The molecule has 0 saturated carbocycles. The number of benzene rings is 1. The largest absolute Gasteiger partial charge is 0.397 e. The summed E-state index contributed by atoms with van der Waals surface area (Å²) in [5, 5.41) is 3.32. The Balaban J connectivity index is 1.58. The summed E-state index contributed by atoms with van der Waals surface area (Å²) in [6.45, 7) is 5.83. The van der Waals surface area contributed by atoms with Crippen LogP contribution in [-0.4, -0.2) is 45.6 Å². The number of ether oxygens (including phenoxy) is 2. The Labute approximate surface area is 151 Å². The smallest absolute Gasteiger partial charge is 0.0762 e. The van der Waals surface area contributed by atoms with Crippen LogP contribution in [0.4, 0.5) is 5.69 Å². The van der Waals surface area contributed by atoms with Gasteiger partial charge in [0, 0.05) is 50.8 Å². The van der Waals surface area contributed by atoms with Gasteiger partial charge in [0.1, 0.15) is 0 Å². The van der Waals surface area contributed by atoms with Crippen LogP contribution in [0.3, 0.4) is 0 Å². The van der Waals surface area contributed by atoms with E-state index in [0.29, 0.717) is 12.2 Å². The number of aryl methyl sites for hydroxylation is 1. The second kappa shape index (κ2) is 8.59. The molecule has 2 aliphatic heterocycles. The molecule has 2 fully saturated rings. The first kappa shape index (κ1) is 18.1. The van der Waals surface area contributed by atoms with E-state index in [-0.39, 0.29) is 0 Å². The first-order valence-corrected chi connectivity index (χ1v) is 9.36. The van der Waals surface area contributed by atoms with Crippen molar-refractivity contribution in [3.63, 3.8) is 0 Å². The van der Waals surface area contributed by atoms with Crippen molar-refractivity contribution >= 4 is 11.4 Å². The number of hydrogen-bond donors (Lipinski definition) is 2. The molecule has 25 heavy (non-hydrogen) atoms. The van der Waals surface area contributed by atoms with Gasteiger partial charge in [-0.05, 0) is 50.3 Å². The molecule has 2 atom stereocenters. The lowest BCUT2D eigenvalue weighted by Crippen LogP contribution is -2.29. The van der Waals surface area contributed by atoms with Gasteiger partial charge in [-0.2, -0.15) is 0 Å². The van der Waals surface area contributed by atoms with Gasteiger partial charge in [-0.25, -0.2) is 0 Å². The molecule has 0 aliphatic carbocycles. The van der Waals surface area contributed by atoms with Gasteiger partial charge < -0.3 is 25.4 Å². The van der Waals surface area contributed by atoms with Gasteiger partial charge in [0.05, 0.1) is 17.9 Å². The number of anilines is 1. The maximum Gasteiger partial charge on any atom is 0.0762 e. The summed E-state index contributed by atoms with van der Waals surface area (Å²) < 4.78 is 11.2. The van der Waals surface area contributed by atoms with Crippen LogP contribution >= 0.6 is 0 Å². The minimum absolute atomic E-state index is 0.310. The summed E-state index contributed by atoms with van der Waals surface area (Å²) >= 11 is 0. The Hall–Kier alpha value is -1.72. The second-order valence-electron chi connectivity index (χ2n) is 7.09. The van der Waals surface area contributed by atoms with Gasteiger partial charge in [-0.1, -0.05) is 6.07 Å². The molecule has 138 valence electrons. The van der Waals surface area contributed by atoms with E-state index in [9.17, 15) is 0 Å². The van der Waals surface area contributed by atoms with Crippen LogP contribution in [-0.2, 0) is 9.47 Å². The third-order valence-corrected chi connectivity index (χ3v) is 5.24. The van der Waals surface area contributed by atoms with Crippen LogP contribution in [0.25, 0.3) is 5.70 Å². The molecule has 3 rings (SSSR count). The fraction of sp³-hybridized carbons (Fsp3) is 0.600. The highest BCUT2D eigenvalue weighted by Gasteiger charge is 2.22. The zero-order valence-electron chi connectivity index (χ0n) is 15.5. The van der Waals surface area contributed by atoms with Crippen molar-refractivity contribution in [2.45, 2.75) is 44.8 Å². The van der Waals surface area contributed by atoms with Crippen molar-refractivity contribution in [1.29, 1.82) is 0 Å². The summed E-state index contributed by atoms with van der Waals surface area (Å²) in [4.78, 5) is 2.38. The normalized spacial score (nSPS) is 24.6. The Bertz CT molecular complexity index is 597. The maximum absolute atomic E-state index is 6.28. The van der Waals surface area contributed by atoms with Crippen molar-refractivity contribution in [2.24, 2.45) is 5.73 Å². The van der Waals surface area contributed by atoms with Crippen LogP contribution in [0.15, 0.2) is 24.4 Å². The molecule has 1 aromatic rings. The molecule has 0 bridgehead atoms. The third-order valence-electron chi connectivity index (χ3n) is 5.24. The first-order valence-electron chi connectivity index (χ1n) is 9.36. The molecule has 0 aromatic heterocycles. The quantitative estimate of drug-likeness (QED) is 0.830. The average Bonchev–Trinajstić information content (AvgIpc) is 3.11. The predicted octanol–water partition coefficient (Wildman–Crippen LogP) is 2.64. The van der Waals surface area contributed by atoms with Gasteiger partial charge in [-0.3, -0.25) is 0 Å².